The van der Waals surface area contributed by atoms with Gasteiger partial charge in [-0.3, -0.25) is 14.3 Å². The van der Waals surface area contributed by atoms with Gasteiger partial charge in [-0.15, -0.1) is 0 Å². The van der Waals surface area contributed by atoms with Gasteiger partial charge in [0.2, 0.25) is 0 Å². The standard InChI is InChI=1S/C13H10N2O8S/c16-9-3-11(24(21,22)23)10(17)2-8(9)12(18)15-7-1-6(13(19)20)4-14-5-7/h1-5,16-17H,(H,15,18)(H,19,20)(H,21,22,23). The van der Waals surface area contributed by atoms with E-state index in [9.17, 15) is 28.2 Å². The van der Waals surface area contributed by atoms with Crippen LogP contribution in [0.15, 0.2) is 35.5 Å². The van der Waals surface area contributed by atoms with E-state index in [1.54, 1.807) is 0 Å². The lowest BCUT2D eigenvalue weighted by Crippen LogP contribution is -2.13. The molecule has 0 saturated carbocycles. The van der Waals surface area contributed by atoms with Crippen LogP contribution in [0.1, 0.15) is 20.7 Å². The predicted molar refractivity (Wildman–Crippen MR) is 78.7 cm³/mol. The Bertz CT molecular complexity index is 939. The van der Waals surface area contributed by atoms with E-state index in [2.05, 4.69) is 10.3 Å². The number of carboxylic acids is 1. The lowest BCUT2D eigenvalue weighted by Gasteiger charge is -2.09. The van der Waals surface area contributed by atoms with E-state index in [1.807, 2.05) is 0 Å². The molecular weight excluding hydrogens is 344 g/mol. The maximum absolute atomic E-state index is 12.1. The fourth-order valence-corrected chi connectivity index (χ4v) is 2.35. The minimum atomic E-state index is -4.79. The van der Waals surface area contributed by atoms with Gasteiger partial charge < -0.3 is 20.6 Å². The van der Waals surface area contributed by atoms with Gasteiger partial charge in [0, 0.05) is 12.3 Å². The van der Waals surface area contributed by atoms with E-state index in [-0.39, 0.29) is 11.3 Å². The average Bonchev–Trinajstić information content (AvgIpc) is 2.48. The number of nitrogens with zero attached hydrogens (tertiary/aromatic N) is 1. The van der Waals surface area contributed by atoms with Crippen molar-refractivity contribution in [1.29, 1.82) is 0 Å². The summed E-state index contributed by atoms with van der Waals surface area (Å²) in [6.07, 6.45) is 2.20. The third-order valence-electron chi connectivity index (χ3n) is 2.84. The number of amides is 1. The molecule has 1 heterocycles. The SMILES string of the molecule is O=C(O)c1cncc(NC(=O)c2cc(O)c(S(=O)(=O)O)cc2O)c1. The number of carboxylic acid groups (broad SMARTS) is 1. The minimum Gasteiger partial charge on any atom is -0.507 e. The molecule has 0 aliphatic rings. The third-order valence-corrected chi connectivity index (χ3v) is 3.73. The Morgan fingerprint density at radius 1 is 1.04 bits per heavy atom. The summed E-state index contributed by atoms with van der Waals surface area (Å²) < 4.78 is 30.9. The second-order valence-corrected chi connectivity index (χ2v) is 5.92. The number of carbonyl (C=O) groups excluding carboxylic acids is 1. The highest BCUT2D eigenvalue weighted by atomic mass is 32.2. The van der Waals surface area contributed by atoms with Gasteiger partial charge in [0.15, 0.2) is 0 Å². The Kier molecular flexibility index (Phi) is 4.39. The number of phenolic OH excluding ortho intramolecular Hbond substituents is 2. The molecule has 1 aromatic carbocycles. The normalized spacial score (nSPS) is 11.0. The third kappa shape index (κ3) is 3.59. The molecular formula is C13H10N2O8S. The van der Waals surface area contributed by atoms with Crippen molar-refractivity contribution in [3.8, 4) is 11.5 Å². The summed E-state index contributed by atoms with van der Waals surface area (Å²) in [7, 11) is -4.79. The highest BCUT2D eigenvalue weighted by Crippen LogP contribution is 2.31. The molecule has 24 heavy (non-hydrogen) atoms. The lowest BCUT2D eigenvalue weighted by atomic mass is 10.1. The van der Waals surface area contributed by atoms with Crippen molar-refractivity contribution in [2.24, 2.45) is 0 Å². The molecule has 0 aliphatic carbocycles. The largest absolute Gasteiger partial charge is 0.507 e. The van der Waals surface area contributed by atoms with Gasteiger partial charge in [-0.05, 0) is 12.1 Å². The molecule has 0 spiro atoms. The summed E-state index contributed by atoms with van der Waals surface area (Å²) in [5, 5.41) is 30.3. The summed E-state index contributed by atoms with van der Waals surface area (Å²) in [5.74, 6) is -4.00. The number of nitrogens with one attached hydrogen (secondary N) is 1. The highest BCUT2D eigenvalue weighted by Gasteiger charge is 2.22. The van der Waals surface area contributed by atoms with Crippen LogP contribution in [0.2, 0.25) is 0 Å². The Morgan fingerprint density at radius 2 is 1.71 bits per heavy atom. The van der Waals surface area contributed by atoms with E-state index in [1.165, 1.54) is 0 Å². The van der Waals surface area contributed by atoms with Crippen molar-refractivity contribution in [1.82, 2.24) is 4.98 Å². The van der Waals surface area contributed by atoms with E-state index in [0.717, 1.165) is 18.5 Å². The summed E-state index contributed by atoms with van der Waals surface area (Å²) in [6, 6.07) is 2.25. The number of anilines is 1. The maximum atomic E-state index is 12.1. The molecule has 2 aromatic rings. The van der Waals surface area contributed by atoms with Crippen molar-refractivity contribution in [2.75, 3.05) is 5.32 Å². The fraction of sp³-hybridized carbons (Fsp3) is 0. The Morgan fingerprint density at radius 3 is 2.29 bits per heavy atom. The molecule has 126 valence electrons. The molecule has 0 saturated heterocycles. The molecule has 0 unspecified atom stereocenters. The first-order valence-electron chi connectivity index (χ1n) is 6.12. The van der Waals surface area contributed by atoms with E-state index < -0.39 is 44.0 Å². The number of hydrogen-bond acceptors (Lipinski definition) is 7. The zero-order valence-electron chi connectivity index (χ0n) is 11.7. The molecule has 0 radical (unpaired) electrons. The fourth-order valence-electron chi connectivity index (χ4n) is 1.77. The molecule has 2 rings (SSSR count). The summed E-state index contributed by atoms with van der Waals surface area (Å²) in [5.41, 5.74) is -0.695. The minimum absolute atomic E-state index is 0.00218. The number of carbonyl (C=O) groups is 2. The molecule has 0 aliphatic heterocycles. The van der Waals surface area contributed by atoms with Gasteiger partial charge in [-0.25, -0.2) is 4.79 Å². The van der Waals surface area contributed by atoms with Gasteiger partial charge in [0.1, 0.15) is 16.4 Å². The zero-order valence-corrected chi connectivity index (χ0v) is 12.5. The van der Waals surface area contributed by atoms with Gasteiger partial charge >= 0.3 is 5.97 Å². The van der Waals surface area contributed by atoms with Crippen LogP contribution in [0.25, 0.3) is 0 Å². The highest BCUT2D eigenvalue weighted by molar-refractivity contribution is 7.86. The molecule has 1 aromatic heterocycles. The topological polar surface area (TPSA) is 174 Å². The van der Waals surface area contributed by atoms with Crippen molar-refractivity contribution >= 4 is 27.7 Å². The van der Waals surface area contributed by atoms with Crippen LogP contribution in [0.3, 0.4) is 0 Å². The first kappa shape index (κ1) is 17.2. The Labute approximate surface area is 134 Å². The first-order valence-corrected chi connectivity index (χ1v) is 7.56. The number of aromatic nitrogens is 1. The Hall–Kier alpha value is -3.18. The van der Waals surface area contributed by atoms with Gasteiger partial charge in [0.05, 0.1) is 23.0 Å². The first-order chi connectivity index (χ1) is 11.1. The summed E-state index contributed by atoms with van der Waals surface area (Å²) >= 11 is 0. The molecule has 10 nitrogen and oxygen atoms in total. The quantitative estimate of drug-likeness (QED) is 0.391. The van der Waals surface area contributed by atoms with Gasteiger partial charge in [-0.2, -0.15) is 8.42 Å². The number of aromatic hydroxyl groups is 2. The number of phenols is 2. The van der Waals surface area contributed by atoms with Crippen molar-refractivity contribution in [2.45, 2.75) is 4.90 Å². The van der Waals surface area contributed by atoms with E-state index in [4.69, 9.17) is 9.66 Å². The average molecular weight is 354 g/mol. The molecule has 1 amide bonds. The van der Waals surface area contributed by atoms with E-state index >= 15 is 0 Å². The predicted octanol–water partition coefficient (Wildman–Crippen LogP) is 0.690. The monoisotopic (exact) mass is 354 g/mol. The molecule has 0 fully saturated rings. The smallest absolute Gasteiger partial charge is 0.337 e. The van der Waals surface area contributed by atoms with E-state index in [0.29, 0.717) is 12.1 Å². The zero-order chi connectivity index (χ0) is 18.1. The van der Waals surface area contributed by atoms with Crippen LogP contribution in [-0.4, -0.2) is 45.2 Å². The molecule has 0 atom stereocenters. The molecule has 0 bridgehead atoms. The maximum Gasteiger partial charge on any atom is 0.337 e. The summed E-state index contributed by atoms with van der Waals surface area (Å²) in [6.45, 7) is 0. The number of benzene rings is 1. The summed E-state index contributed by atoms with van der Waals surface area (Å²) in [4.78, 5) is 25.5. The lowest BCUT2D eigenvalue weighted by molar-refractivity contribution is 0.0696. The number of pyridine rings is 1. The van der Waals surface area contributed by atoms with Crippen LogP contribution in [0.5, 0.6) is 11.5 Å². The second-order valence-electron chi connectivity index (χ2n) is 4.53. The molecule has 5 N–H and O–H groups in total. The van der Waals surface area contributed by atoms with Crippen LogP contribution >= 0.6 is 0 Å². The number of rotatable bonds is 4. The van der Waals surface area contributed by atoms with Gasteiger partial charge in [0.25, 0.3) is 16.0 Å². The van der Waals surface area contributed by atoms with Gasteiger partial charge in [-0.1, -0.05) is 0 Å². The van der Waals surface area contributed by atoms with Crippen LogP contribution in [0, 0.1) is 0 Å². The van der Waals surface area contributed by atoms with Crippen molar-refractivity contribution in [3.05, 3.63) is 41.7 Å². The number of hydrogen-bond donors (Lipinski definition) is 5. The van der Waals surface area contributed by atoms with Crippen LogP contribution in [0.4, 0.5) is 5.69 Å². The van der Waals surface area contributed by atoms with Crippen LogP contribution in [-0.2, 0) is 10.1 Å². The van der Waals surface area contributed by atoms with Crippen molar-refractivity contribution < 1.29 is 37.9 Å². The van der Waals surface area contributed by atoms with Crippen molar-refractivity contribution in [3.63, 3.8) is 0 Å². The second kappa shape index (κ2) is 6.14. The molecule has 11 heteroatoms. The Balaban J connectivity index is 2.36. The number of aromatic carboxylic acids is 1. The van der Waals surface area contributed by atoms with Crippen LogP contribution < -0.4 is 5.32 Å².